The fraction of sp³-hybridized carbons (Fsp3) is 0.0189. The standard InChI is InChI=1S/C53H34N2O/c1-3-13-34(14-4-1)35-25-27-37(28-26-35)53-54-49(36-15-5-2-6-16-36)33-50(55-53)41-30-39(43-20-11-22-45-42-18-8-7-17-38(42)32-48(43)45)29-40(31-41)44-21-12-23-47-46-19-9-10-24-51(46)56-52(44)47/h1-31,33H,32H2. The molecule has 10 aromatic rings. The third kappa shape index (κ3) is 5.52. The summed E-state index contributed by atoms with van der Waals surface area (Å²) in [5.74, 6) is 0.684. The Kier molecular flexibility index (Phi) is 7.56. The number of rotatable bonds is 6. The molecule has 0 saturated heterocycles. The summed E-state index contributed by atoms with van der Waals surface area (Å²) in [7, 11) is 0. The van der Waals surface area contributed by atoms with Crippen molar-refractivity contribution >= 4 is 21.9 Å². The van der Waals surface area contributed by atoms with E-state index in [-0.39, 0.29) is 0 Å². The van der Waals surface area contributed by atoms with Crippen LogP contribution in [0.1, 0.15) is 11.1 Å². The van der Waals surface area contributed by atoms with Crippen LogP contribution in [0.4, 0.5) is 0 Å². The molecule has 3 heteroatoms. The topological polar surface area (TPSA) is 38.9 Å². The maximum absolute atomic E-state index is 6.62. The number of para-hydroxylation sites is 2. The summed E-state index contributed by atoms with van der Waals surface area (Å²) in [6.07, 6.45) is 0.898. The van der Waals surface area contributed by atoms with Gasteiger partial charge in [0.1, 0.15) is 11.2 Å². The van der Waals surface area contributed by atoms with E-state index in [1.165, 1.54) is 33.4 Å². The molecule has 1 aliphatic rings. The van der Waals surface area contributed by atoms with Gasteiger partial charge in [0, 0.05) is 33.0 Å². The normalized spacial score (nSPS) is 11.9. The second-order valence-electron chi connectivity index (χ2n) is 14.5. The molecule has 0 N–H and O–H groups in total. The lowest BCUT2D eigenvalue weighted by atomic mass is 9.90. The lowest BCUT2D eigenvalue weighted by molar-refractivity contribution is 0.670. The van der Waals surface area contributed by atoms with E-state index in [2.05, 4.69) is 170 Å². The van der Waals surface area contributed by atoms with E-state index >= 15 is 0 Å². The first-order valence-electron chi connectivity index (χ1n) is 19.1. The molecule has 8 aromatic carbocycles. The molecule has 0 atom stereocenters. The van der Waals surface area contributed by atoms with Crippen LogP contribution < -0.4 is 0 Å². The SMILES string of the molecule is c1ccc(-c2ccc(-c3nc(-c4ccccc4)cc(-c4cc(-c5cccc6c5Cc5ccccc5-6)cc(-c5cccc6c5oc5ccccc56)c4)n3)cc2)cc1. The summed E-state index contributed by atoms with van der Waals surface area (Å²) < 4.78 is 6.62. The summed E-state index contributed by atoms with van der Waals surface area (Å²) in [5.41, 5.74) is 18.7. The van der Waals surface area contributed by atoms with E-state index in [1.54, 1.807) is 0 Å². The maximum Gasteiger partial charge on any atom is 0.160 e. The van der Waals surface area contributed by atoms with Crippen LogP contribution in [0.2, 0.25) is 0 Å². The minimum absolute atomic E-state index is 0.684. The van der Waals surface area contributed by atoms with Gasteiger partial charge in [0.25, 0.3) is 0 Å². The molecule has 0 spiro atoms. The lowest BCUT2D eigenvalue weighted by Crippen LogP contribution is -1.97. The molecular formula is C53H34N2O. The van der Waals surface area contributed by atoms with Gasteiger partial charge in [-0.1, -0.05) is 164 Å². The Labute approximate surface area is 325 Å². The number of furan rings is 1. The Hall–Kier alpha value is -7.36. The minimum atomic E-state index is 0.684. The average Bonchev–Trinajstić information content (AvgIpc) is 3.86. The number of benzene rings is 8. The van der Waals surface area contributed by atoms with Crippen molar-refractivity contribution in [2.75, 3.05) is 0 Å². The predicted octanol–water partition coefficient (Wildman–Crippen LogP) is 13.9. The van der Waals surface area contributed by atoms with Gasteiger partial charge < -0.3 is 4.42 Å². The summed E-state index contributed by atoms with van der Waals surface area (Å²) in [5, 5.41) is 2.22. The van der Waals surface area contributed by atoms with Crippen LogP contribution in [0.25, 0.3) is 100 Å². The molecule has 11 rings (SSSR count). The molecule has 0 bridgehead atoms. The highest BCUT2D eigenvalue weighted by atomic mass is 16.3. The first-order chi connectivity index (χ1) is 27.7. The zero-order chi connectivity index (χ0) is 37.0. The molecule has 0 fully saturated rings. The average molecular weight is 715 g/mol. The van der Waals surface area contributed by atoms with Gasteiger partial charge in [-0.25, -0.2) is 9.97 Å². The molecule has 0 saturated carbocycles. The van der Waals surface area contributed by atoms with Crippen molar-refractivity contribution in [1.29, 1.82) is 0 Å². The molecule has 262 valence electrons. The van der Waals surface area contributed by atoms with Crippen molar-refractivity contribution in [2.45, 2.75) is 6.42 Å². The van der Waals surface area contributed by atoms with Crippen molar-refractivity contribution in [2.24, 2.45) is 0 Å². The fourth-order valence-corrected chi connectivity index (χ4v) is 8.41. The van der Waals surface area contributed by atoms with Crippen molar-refractivity contribution in [3.05, 3.63) is 205 Å². The summed E-state index contributed by atoms with van der Waals surface area (Å²) in [4.78, 5) is 10.5. The van der Waals surface area contributed by atoms with Crippen LogP contribution in [0, 0.1) is 0 Å². The third-order valence-electron chi connectivity index (χ3n) is 11.2. The highest BCUT2D eigenvalue weighted by Gasteiger charge is 2.23. The number of fused-ring (bicyclic) bond motifs is 6. The highest BCUT2D eigenvalue weighted by Crippen LogP contribution is 2.44. The van der Waals surface area contributed by atoms with E-state index < -0.39 is 0 Å². The van der Waals surface area contributed by atoms with Crippen molar-refractivity contribution in [3.8, 4) is 78.4 Å². The predicted molar refractivity (Wildman–Crippen MR) is 230 cm³/mol. The Morgan fingerprint density at radius 1 is 0.357 bits per heavy atom. The Morgan fingerprint density at radius 2 is 0.911 bits per heavy atom. The van der Waals surface area contributed by atoms with Crippen LogP contribution in [-0.2, 0) is 6.42 Å². The number of hydrogen-bond donors (Lipinski definition) is 0. The molecule has 2 heterocycles. The molecule has 3 nitrogen and oxygen atoms in total. The number of aromatic nitrogens is 2. The van der Waals surface area contributed by atoms with Gasteiger partial charge in [0.05, 0.1) is 11.4 Å². The van der Waals surface area contributed by atoms with Gasteiger partial charge in [-0.15, -0.1) is 0 Å². The molecule has 0 radical (unpaired) electrons. The van der Waals surface area contributed by atoms with Gasteiger partial charge in [-0.05, 0) is 86.8 Å². The van der Waals surface area contributed by atoms with E-state index in [0.717, 1.165) is 78.7 Å². The molecule has 2 aromatic heterocycles. The van der Waals surface area contributed by atoms with Crippen LogP contribution in [0.15, 0.2) is 199 Å². The van der Waals surface area contributed by atoms with Crippen LogP contribution in [-0.4, -0.2) is 9.97 Å². The van der Waals surface area contributed by atoms with Gasteiger partial charge in [0.2, 0.25) is 0 Å². The zero-order valence-electron chi connectivity index (χ0n) is 30.5. The van der Waals surface area contributed by atoms with Gasteiger partial charge in [-0.3, -0.25) is 0 Å². The lowest BCUT2D eigenvalue weighted by Gasteiger charge is -2.15. The summed E-state index contributed by atoms with van der Waals surface area (Å²) in [6.45, 7) is 0. The first-order valence-corrected chi connectivity index (χ1v) is 19.1. The van der Waals surface area contributed by atoms with Crippen molar-refractivity contribution in [1.82, 2.24) is 9.97 Å². The van der Waals surface area contributed by atoms with E-state index in [4.69, 9.17) is 14.4 Å². The zero-order valence-corrected chi connectivity index (χ0v) is 30.5. The summed E-state index contributed by atoms with van der Waals surface area (Å²) >= 11 is 0. The van der Waals surface area contributed by atoms with E-state index in [1.807, 2.05) is 24.3 Å². The molecule has 0 aliphatic heterocycles. The van der Waals surface area contributed by atoms with Crippen molar-refractivity contribution < 1.29 is 4.42 Å². The van der Waals surface area contributed by atoms with Gasteiger partial charge in [0.15, 0.2) is 5.82 Å². The van der Waals surface area contributed by atoms with Crippen LogP contribution in [0.5, 0.6) is 0 Å². The largest absolute Gasteiger partial charge is 0.455 e. The van der Waals surface area contributed by atoms with Crippen LogP contribution >= 0.6 is 0 Å². The van der Waals surface area contributed by atoms with Crippen LogP contribution in [0.3, 0.4) is 0 Å². The van der Waals surface area contributed by atoms with Crippen molar-refractivity contribution in [3.63, 3.8) is 0 Å². The quantitative estimate of drug-likeness (QED) is 0.172. The number of nitrogens with zero attached hydrogens (tertiary/aromatic N) is 2. The molecule has 56 heavy (non-hydrogen) atoms. The third-order valence-corrected chi connectivity index (χ3v) is 11.2. The first kappa shape index (κ1) is 32.1. The van der Waals surface area contributed by atoms with E-state index in [0.29, 0.717) is 5.82 Å². The molecule has 0 amide bonds. The monoisotopic (exact) mass is 714 g/mol. The molecule has 1 aliphatic carbocycles. The number of hydrogen-bond acceptors (Lipinski definition) is 3. The minimum Gasteiger partial charge on any atom is -0.455 e. The smallest absolute Gasteiger partial charge is 0.160 e. The fourth-order valence-electron chi connectivity index (χ4n) is 8.41. The van der Waals surface area contributed by atoms with Gasteiger partial charge >= 0.3 is 0 Å². The Morgan fingerprint density at radius 3 is 1.73 bits per heavy atom. The maximum atomic E-state index is 6.62. The van der Waals surface area contributed by atoms with E-state index in [9.17, 15) is 0 Å². The van der Waals surface area contributed by atoms with Gasteiger partial charge in [-0.2, -0.15) is 0 Å². The molecular weight excluding hydrogens is 681 g/mol. The second kappa shape index (κ2) is 13.2. The Bertz CT molecular complexity index is 3090. The Balaban J connectivity index is 1.13. The highest BCUT2D eigenvalue weighted by molar-refractivity contribution is 6.10. The second-order valence-corrected chi connectivity index (χ2v) is 14.5. The summed E-state index contributed by atoms with van der Waals surface area (Å²) in [6, 6.07) is 68.7. The molecule has 0 unspecified atom stereocenters.